The van der Waals surface area contributed by atoms with E-state index in [2.05, 4.69) is 22.2 Å². The molecule has 0 saturated heterocycles. The van der Waals surface area contributed by atoms with Crippen molar-refractivity contribution in [1.29, 1.82) is 0 Å². The third-order valence-electron chi connectivity index (χ3n) is 2.72. The first-order valence-electron chi connectivity index (χ1n) is 5.92. The van der Waals surface area contributed by atoms with Crippen molar-refractivity contribution in [2.75, 3.05) is 12.8 Å². The predicted molar refractivity (Wildman–Crippen MR) is 68.3 cm³/mol. The van der Waals surface area contributed by atoms with Crippen LogP contribution in [0, 0.1) is 0 Å². The maximum Gasteiger partial charge on any atom is 0.218 e. The summed E-state index contributed by atoms with van der Waals surface area (Å²) in [6.07, 6.45) is 3.56. The van der Waals surface area contributed by atoms with Gasteiger partial charge in [-0.15, -0.1) is 5.10 Å². The summed E-state index contributed by atoms with van der Waals surface area (Å²) >= 11 is 0. The van der Waals surface area contributed by atoms with Gasteiger partial charge in [0.2, 0.25) is 5.88 Å². The summed E-state index contributed by atoms with van der Waals surface area (Å²) in [7, 11) is 1.61. The van der Waals surface area contributed by atoms with Crippen LogP contribution in [0.3, 0.4) is 0 Å². The molecule has 2 aromatic heterocycles. The minimum absolute atomic E-state index is 0.500. The number of hydrogen-bond acceptors (Lipinski definition) is 5. The van der Waals surface area contributed by atoms with Crippen molar-refractivity contribution in [2.24, 2.45) is 0 Å². The summed E-state index contributed by atoms with van der Waals surface area (Å²) in [5.41, 5.74) is 7.73. The molecule has 0 bridgehead atoms. The zero-order valence-electron chi connectivity index (χ0n) is 10.6. The van der Waals surface area contributed by atoms with Gasteiger partial charge in [0.25, 0.3) is 0 Å². The van der Waals surface area contributed by atoms with E-state index in [1.165, 1.54) is 0 Å². The highest BCUT2D eigenvalue weighted by atomic mass is 16.5. The van der Waals surface area contributed by atoms with E-state index in [9.17, 15) is 0 Å². The van der Waals surface area contributed by atoms with Crippen LogP contribution in [-0.4, -0.2) is 27.1 Å². The van der Waals surface area contributed by atoms with Crippen molar-refractivity contribution >= 4 is 5.82 Å². The molecule has 0 radical (unpaired) electrons. The van der Waals surface area contributed by atoms with Crippen LogP contribution in [0.2, 0.25) is 0 Å². The Kier molecular flexibility index (Phi) is 3.76. The van der Waals surface area contributed by atoms with Gasteiger partial charge in [-0.25, -0.2) is 9.67 Å². The number of ether oxygens (including phenoxy) is 1. The summed E-state index contributed by atoms with van der Waals surface area (Å²) in [5, 5.41) is 7.98. The molecule has 2 heterocycles. The molecule has 0 saturated carbocycles. The Balaban J connectivity index is 2.28. The fourth-order valence-corrected chi connectivity index (χ4v) is 1.86. The first-order valence-corrected chi connectivity index (χ1v) is 5.92. The molecule has 6 heteroatoms. The molecule has 2 aromatic rings. The lowest BCUT2D eigenvalue weighted by atomic mass is 10.2. The second kappa shape index (κ2) is 5.48. The molecule has 0 aliphatic heterocycles. The van der Waals surface area contributed by atoms with Crippen LogP contribution < -0.4 is 10.5 Å². The minimum Gasteiger partial charge on any atom is -0.481 e. The molecule has 96 valence electrons. The fourth-order valence-electron chi connectivity index (χ4n) is 1.86. The summed E-state index contributed by atoms with van der Waals surface area (Å²) in [6, 6.07) is 3.83. The number of nitrogens with zero attached hydrogens (tertiary/aromatic N) is 4. The molecular formula is C12H17N5O. The number of rotatable bonds is 5. The molecule has 18 heavy (non-hydrogen) atoms. The van der Waals surface area contributed by atoms with Crippen molar-refractivity contribution in [3.8, 4) is 5.88 Å². The lowest BCUT2D eigenvalue weighted by molar-refractivity contribution is 0.389. The van der Waals surface area contributed by atoms with Gasteiger partial charge in [0.05, 0.1) is 19.3 Å². The Morgan fingerprint density at radius 2 is 2.28 bits per heavy atom. The van der Waals surface area contributed by atoms with E-state index in [4.69, 9.17) is 10.5 Å². The minimum atomic E-state index is 0.500. The zero-order valence-corrected chi connectivity index (χ0v) is 10.6. The first kappa shape index (κ1) is 12.3. The average Bonchev–Trinajstić information content (AvgIpc) is 2.73. The number of nitrogens with two attached hydrogens (primary N) is 1. The normalized spacial score (nSPS) is 10.6. The van der Waals surface area contributed by atoms with Crippen LogP contribution in [0.15, 0.2) is 18.3 Å². The maximum absolute atomic E-state index is 5.81. The van der Waals surface area contributed by atoms with Gasteiger partial charge < -0.3 is 10.5 Å². The predicted octanol–water partition coefficient (Wildman–Crippen LogP) is 1.26. The SMILES string of the molecule is CCCc1c(N)nnn1Cc1cccnc1OC. The Labute approximate surface area is 106 Å². The van der Waals surface area contributed by atoms with E-state index in [1.807, 2.05) is 12.1 Å². The van der Waals surface area contributed by atoms with E-state index in [1.54, 1.807) is 18.0 Å². The van der Waals surface area contributed by atoms with Crippen molar-refractivity contribution in [2.45, 2.75) is 26.3 Å². The standard InChI is InChI=1S/C12H17N5O/c1-3-5-10-11(13)15-16-17(10)8-9-6-4-7-14-12(9)18-2/h4,6-7H,3,5,8,13H2,1-2H3. The molecule has 2 N–H and O–H groups in total. The van der Waals surface area contributed by atoms with Gasteiger partial charge in [-0.2, -0.15) is 0 Å². The third kappa shape index (κ3) is 2.42. The topological polar surface area (TPSA) is 78.9 Å². The highest BCUT2D eigenvalue weighted by Gasteiger charge is 2.12. The van der Waals surface area contributed by atoms with Crippen LogP contribution in [0.25, 0.3) is 0 Å². The Morgan fingerprint density at radius 1 is 1.44 bits per heavy atom. The molecule has 0 aliphatic rings. The van der Waals surface area contributed by atoms with Gasteiger partial charge in [-0.05, 0) is 12.5 Å². The number of anilines is 1. The van der Waals surface area contributed by atoms with Gasteiger partial charge in [0, 0.05) is 11.8 Å². The smallest absolute Gasteiger partial charge is 0.218 e. The highest BCUT2D eigenvalue weighted by Crippen LogP contribution is 2.17. The Hall–Kier alpha value is -2.11. The van der Waals surface area contributed by atoms with Crippen LogP contribution in [0.5, 0.6) is 5.88 Å². The maximum atomic E-state index is 5.81. The number of aromatic nitrogens is 4. The van der Waals surface area contributed by atoms with E-state index in [0.717, 1.165) is 24.1 Å². The molecule has 2 rings (SSSR count). The van der Waals surface area contributed by atoms with Gasteiger partial charge in [0.1, 0.15) is 0 Å². The van der Waals surface area contributed by atoms with Crippen LogP contribution >= 0.6 is 0 Å². The quantitative estimate of drug-likeness (QED) is 0.860. The summed E-state index contributed by atoms with van der Waals surface area (Å²) < 4.78 is 7.02. The molecular weight excluding hydrogens is 230 g/mol. The molecule has 0 aliphatic carbocycles. The largest absolute Gasteiger partial charge is 0.481 e. The molecule has 0 unspecified atom stereocenters. The van der Waals surface area contributed by atoms with E-state index in [0.29, 0.717) is 18.2 Å². The van der Waals surface area contributed by atoms with Gasteiger partial charge in [0.15, 0.2) is 5.82 Å². The van der Waals surface area contributed by atoms with Crippen molar-refractivity contribution in [3.63, 3.8) is 0 Å². The van der Waals surface area contributed by atoms with Crippen LogP contribution in [-0.2, 0) is 13.0 Å². The van der Waals surface area contributed by atoms with E-state index in [-0.39, 0.29) is 0 Å². The second-order valence-electron chi connectivity index (χ2n) is 4.00. The summed E-state index contributed by atoms with van der Waals surface area (Å²) in [5.74, 6) is 1.11. The second-order valence-corrected chi connectivity index (χ2v) is 4.00. The summed E-state index contributed by atoms with van der Waals surface area (Å²) in [4.78, 5) is 4.16. The highest BCUT2D eigenvalue weighted by molar-refractivity contribution is 5.34. The average molecular weight is 247 g/mol. The third-order valence-corrected chi connectivity index (χ3v) is 2.72. The number of methoxy groups -OCH3 is 1. The van der Waals surface area contributed by atoms with Gasteiger partial charge in [-0.3, -0.25) is 0 Å². The molecule has 0 spiro atoms. The Bertz CT molecular complexity index is 523. The van der Waals surface area contributed by atoms with Crippen LogP contribution in [0.1, 0.15) is 24.6 Å². The van der Waals surface area contributed by atoms with Gasteiger partial charge in [-0.1, -0.05) is 24.6 Å². The fraction of sp³-hybridized carbons (Fsp3) is 0.417. The number of pyridine rings is 1. The van der Waals surface area contributed by atoms with Crippen molar-refractivity contribution < 1.29 is 4.74 Å². The summed E-state index contributed by atoms with van der Waals surface area (Å²) in [6.45, 7) is 2.66. The molecule has 0 amide bonds. The molecule has 0 fully saturated rings. The van der Waals surface area contributed by atoms with Crippen LogP contribution in [0.4, 0.5) is 5.82 Å². The number of nitrogen functional groups attached to an aromatic ring is 1. The van der Waals surface area contributed by atoms with E-state index >= 15 is 0 Å². The van der Waals surface area contributed by atoms with Gasteiger partial charge >= 0.3 is 0 Å². The molecule has 6 nitrogen and oxygen atoms in total. The lowest BCUT2D eigenvalue weighted by Crippen LogP contribution is -2.09. The molecule has 0 atom stereocenters. The monoisotopic (exact) mass is 247 g/mol. The Morgan fingerprint density at radius 3 is 3.00 bits per heavy atom. The lowest BCUT2D eigenvalue weighted by Gasteiger charge is -2.09. The number of hydrogen-bond donors (Lipinski definition) is 1. The van der Waals surface area contributed by atoms with Crippen molar-refractivity contribution in [3.05, 3.63) is 29.6 Å². The van der Waals surface area contributed by atoms with Crippen molar-refractivity contribution in [1.82, 2.24) is 20.0 Å². The first-order chi connectivity index (χ1) is 8.76. The van der Waals surface area contributed by atoms with E-state index < -0.39 is 0 Å². The zero-order chi connectivity index (χ0) is 13.0. The molecule has 0 aromatic carbocycles.